The summed E-state index contributed by atoms with van der Waals surface area (Å²) >= 11 is 6.62. The van der Waals surface area contributed by atoms with Crippen LogP contribution >= 0.6 is 31.9 Å². The van der Waals surface area contributed by atoms with Crippen molar-refractivity contribution in [3.8, 4) is 0 Å². The van der Waals surface area contributed by atoms with Gasteiger partial charge in [0.1, 0.15) is 9.91 Å². The average molecular weight is 594 g/mol. The van der Waals surface area contributed by atoms with Gasteiger partial charge in [-0.2, -0.15) is 0 Å². The molecule has 5 aliphatic rings. The molecule has 0 unspecified atom stereocenters. The van der Waals surface area contributed by atoms with Gasteiger partial charge in [0.05, 0.1) is 12.2 Å². The number of fused-ring (bicyclic) bond motifs is 7. The molecule has 9 heteroatoms. The van der Waals surface area contributed by atoms with E-state index in [4.69, 9.17) is 9.47 Å². The van der Waals surface area contributed by atoms with E-state index >= 15 is 8.78 Å². The monoisotopic (exact) mass is 592 g/mol. The van der Waals surface area contributed by atoms with Crippen molar-refractivity contribution < 1.29 is 33.0 Å². The average Bonchev–Trinajstić information content (AvgIpc) is 3.11. The van der Waals surface area contributed by atoms with Gasteiger partial charge in [-0.3, -0.25) is 9.59 Å². The second kappa shape index (κ2) is 7.05. The largest absolute Gasteiger partial charge is 0.390 e. The van der Waals surface area contributed by atoms with E-state index in [-0.39, 0.29) is 30.0 Å². The Bertz CT molecular complexity index is 997. The third-order valence-electron chi connectivity index (χ3n) is 9.19. The van der Waals surface area contributed by atoms with Gasteiger partial charge in [0.15, 0.2) is 28.6 Å². The number of halogens is 4. The van der Waals surface area contributed by atoms with Crippen LogP contribution in [-0.2, 0) is 19.1 Å². The Kier molecular flexibility index (Phi) is 5.18. The number of carbonyl (C=O) groups excluding carboxylic acids is 2. The molecule has 0 spiro atoms. The maximum absolute atomic E-state index is 17.2. The van der Waals surface area contributed by atoms with Crippen LogP contribution in [-0.4, -0.2) is 55.8 Å². The van der Waals surface area contributed by atoms with Gasteiger partial charge in [0.25, 0.3) is 0 Å². The minimum Gasteiger partial charge on any atom is -0.390 e. The molecule has 3 saturated carbocycles. The molecule has 4 aliphatic carbocycles. The van der Waals surface area contributed by atoms with Crippen molar-refractivity contribution in [3.63, 3.8) is 0 Å². The van der Waals surface area contributed by atoms with E-state index in [1.165, 1.54) is 18.2 Å². The SMILES string of the molecule is CC1(C)O[C@@H]2C[C@H]3[C@@H]4C[C@H](F)C5=CC(=O)C=C[C@]5(C)[C@@]4(F)[C@@H](O)C[C@]3(C)[C@]2(C(=O)C(Br)Br)O1. The highest BCUT2D eigenvalue weighted by molar-refractivity contribution is 9.25. The normalized spacial score (nSPS) is 52.1. The molecule has 0 bridgehead atoms. The lowest BCUT2D eigenvalue weighted by Gasteiger charge is -2.63. The minimum atomic E-state index is -2.20. The summed E-state index contributed by atoms with van der Waals surface area (Å²) in [5.74, 6) is -3.08. The van der Waals surface area contributed by atoms with Gasteiger partial charge < -0.3 is 14.6 Å². The molecule has 1 aliphatic heterocycles. The van der Waals surface area contributed by atoms with Gasteiger partial charge in [-0.25, -0.2) is 8.78 Å². The van der Waals surface area contributed by atoms with E-state index in [0.29, 0.717) is 6.42 Å². The van der Waals surface area contributed by atoms with Crippen LogP contribution in [0.4, 0.5) is 8.78 Å². The van der Waals surface area contributed by atoms with Crippen molar-refractivity contribution in [1.29, 1.82) is 0 Å². The Morgan fingerprint density at radius 1 is 1.21 bits per heavy atom. The summed E-state index contributed by atoms with van der Waals surface area (Å²) in [6.07, 6.45) is 0.231. The number of alkyl halides is 4. The molecule has 1 N–H and O–H groups in total. The lowest BCUT2D eigenvalue weighted by molar-refractivity contribution is -0.247. The van der Waals surface area contributed by atoms with Crippen molar-refractivity contribution in [3.05, 3.63) is 23.8 Å². The molecule has 5 rings (SSSR count). The fourth-order valence-corrected chi connectivity index (χ4v) is 8.58. The molecule has 0 aromatic heterocycles. The molecular weight excluding hydrogens is 566 g/mol. The van der Waals surface area contributed by atoms with Gasteiger partial charge in [-0.1, -0.05) is 44.9 Å². The minimum absolute atomic E-state index is 0.0549. The zero-order chi connectivity index (χ0) is 24.4. The second-order valence-electron chi connectivity index (χ2n) is 11.1. The second-order valence-corrected chi connectivity index (χ2v) is 14.2. The topological polar surface area (TPSA) is 72.8 Å². The fourth-order valence-electron chi connectivity index (χ4n) is 7.90. The van der Waals surface area contributed by atoms with Crippen molar-refractivity contribution in [2.45, 2.75) is 86.1 Å². The molecule has 0 radical (unpaired) electrons. The summed E-state index contributed by atoms with van der Waals surface area (Å²) in [6.45, 7) is 6.86. The summed E-state index contributed by atoms with van der Waals surface area (Å²) < 4.78 is 44.6. The Morgan fingerprint density at radius 3 is 2.52 bits per heavy atom. The molecule has 0 aromatic rings. The lowest BCUT2D eigenvalue weighted by Crippen LogP contribution is -2.71. The van der Waals surface area contributed by atoms with E-state index in [1.807, 2.05) is 6.92 Å². The Hall–Kier alpha value is -0.480. The number of aliphatic hydroxyl groups is 1. The van der Waals surface area contributed by atoms with E-state index in [0.717, 1.165) is 0 Å². The van der Waals surface area contributed by atoms with Crippen LogP contribution in [0.5, 0.6) is 0 Å². The maximum Gasteiger partial charge on any atom is 0.192 e. The Morgan fingerprint density at radius 2 is 1.88 bits per heavy atom. The molecule has 4 fully saturated rings. The highest BCUT2D eigenvalue weighted by Crippen LogP contribution is 2.72. The van der Waals surface area contributed by atoms with Crippen LogP contribution in [0.15, 0.2) is 23.8 Å². The molecule has 5 nitrogen and oxygen atoms in total. The first-order valence-electron chi connectivity index (χ1n) is 11.3. The van der Waals surface area contributed by atoms with Crippen LogP contribution in [0.1, 0.15) is 47.0 Å². The van der Waals surface area contributed by atoms with E-state index in [1.54, 1.807) is 20.8 Å². The predicted octanol–water partition coefficient (Wildman–Crippen LogP) is 4.49. The Labute approximate surface area is 208 Å². The van der Waals surface area contributed by atoms with Gasteiger partial charge >= 0.3 is 0 Å². The van der Waals surface area contributed by atoms with Crippen LogP contribution in [0.2, 0.25) is 0 Å². The lowest BCUT2D eigenvalue weighted by atomic mass is 9.44. The number of Topliss-reactive ketones (excluding diaryl/α,β-unsaturated/α-hetero) is 1. The predicted molar refractivity (Wildman–Crippen MR) is 123 cm³/mol. The molecule has 0 amide bonds. The summed E-state index contributed by atoms with van der Waals surface area (Å²) in [6, 6.07) is 0. The number of rotatable bonds is 2. The van der Waals surface area contributed by atoms with Crippen molar-refractivity contribution in [2.75, 3.05) is 0 Å². The molecule has 0 aromatic carbocycles. The fraction of sp³-hybridized carbons (Fsp3) is 0.750. The van der Waals surface area contributed by atoms with Gasteiger partial charge in [0.2, 0.25) is 0 Å². The van der Waals surface area contributed by atoms with Crippen LogP contribution in [0.3, 0.4) is 0 Å². The summed E-state index contributed by atoms with van der Waals surface area (Å²) in [5, 5.41) is 11.4. The summed E-state index contributed by atoms with van der Waals surface area (Å²) in [5.41, 5.74) is -6.01. The van der Waals surface area contributed by atoms with Crippen LogP contribution < -0.4 is 0 Å². The van der Waals surface area contributed by atoms with Crippen molar-refractivity contribution in [2.24, 2.45) is 22.7 Å². The molecular formula is C24H28Br2F2O5. The zero-order valence-electron chi connectivity index (χ0n) is 18.9. The van der Waals surface area contributed by atoms with E-state index in [2.05, 4.69) is 31.9 Å². The summed E-state index contributed by atoms with van der Waals surface area (Å²) in [4.78, 5) is 25.6. The molecule has 9 atom stereocenters. The third-order valence-corrected chi connectivity index (χ3v) is 10.0. The smallest absolute Gasteiger partial charge is 0.192 e. The molecule has 33 heavy (non-hydrogen) atoms. The Balaban J connectivity index is 1.67. The molecule has 1 heterocycles. The van der Waals surface area contributed by atoms with Crippen LogP contribution in [0, 0.1) is 22.7 Å². The first-order chi connectivity index (χ1) is 15.1. The zero-order valence-corrected chi connectivity index (χ0v) is 22.1. The highest BCUT2D eigenvalue weighted by Gasteiger charge is 2.80. The first kappa shape index (κ1) is 24.2. The number of ketones is 2. The third kappa shape index (κ3) is 2.77. The maximum atomic E-state index is 17.2. The van der Waals surface area contributed by atoms with Gasteiger partial charge in [-0.15, -0.1) is 0 Å². The van der Waals surface area contributed by atoms with Crippen molar-refractivity contribution in [1.82, 2.24) is 0 Å². The number of hydrogen-bond donors (Lipinski definition) is 1. The number of aliphatic hydroxyl groups excluding tert-OH is 1. The number of allylic oxidation sites excluding steroid dienone is 4. The number of carbonyl (C=O) groups is 2. The number of ether oxygens (including phenoxy) is 2. The standard InChI is InChI=1S/C24H28Br2F2O5/c1-20(2)32-17-9-12-13-8-15(27)14-7-11(29)5-6-21(14,3)23(13,28)16(30)10-22(12,4)24(17,33-20)18(31)19(25)26/h5-7,12-13,15-17,19,30H,8-10H2,1-4H3/t12-,13-,15-,16-,17+,21-,22-,23-,24-/m0/s1. The molecule has 1 saturated heterocycles. The summed E-state index contributed by atoms with van der Waals surface area (Å²) in [7, 11) is 0. The van der Waals surface area contributed by atoms with Gasteiger partial charge in [0, 0.05) is 16.7 Å². The highest BCUT2D eigenvalue weighted by atomic mass is 79.9. The van der Waals surface area contributed by atoms with E-state index < -0.39 is 61.8 Å². The number of hydrogen-bond acceptors (Lipinski definition) is 5. The van der Waals surface area contributed by atoms with Gasteiger partial charge in [-0.05, 0) is 63.7 Å². The van der Waals surface area contributed by atoms with E-state index in [9.17, 15) is 14.7 Å². The van der Waals surface area contributed by atoms with Crippen molar-refractivity contribution >= 4 is 43.4 Å². The van der Waals surface area contributed by atoms with Crippen LogP contribution in [0.25, 0.3) is 0 Å². The molecule has 182 valence electrons. The first-order valence-corrected chi connectivity index (χ1v) is 13.1. The quantitative estimate of drug-likeness (QED) is 0.478.